The van der Waals surface area contributed by atoms with Crippen LogP contribution in [0.5, 0.6) is 5.75 Å². The third kappa shape index (κ3) is 7.60. The maximum absolute atomic E-state index is 14.3. The van der Waals surface area contributed by atoms with E-state index in [4.69, 9.17) is 9.47 Å². The van der Waals surface area contributed by atoms with E-state index < -0.39 is 15.8 Å². The summed E-state index contributed by atoms with van der Waals surface area (Å²) in [4.78, 5) is 25.3. The monoisotopic (exact) mass is 662 g/mol. The van der Waals surface area contributed by atoms with Crippen LogP contribution < -0.4 is 9.64 Å². The van der Waals surface area contributed by atoms with E-state index in [1.807, 2.05) is 0 Å². The van der Waals surface area contributed by atoms with Crippen molar-refractivity contribution in [3.8, 4) is 5.75 Å². The number of hydrogen-bond donors (Lipinski definition) is 0. The van der Waals surface area contributed by atoms with Crippen LogP contribution in [0.4, 0.5) is 5.69 Å². The van der Waals surface area contributed by atoms with Gasteiger partial charge in [0.1, 0.15) is 10.6 Å². The fourth-order valence-electron chi connectivity index (χ4n) is 7.56. The van der Waals surface area contributed by atoms with Crippen molar-refractivity contribution in [2.75, 3.05) is 57.4 Å². The van der Waals surface area contributed by atoms with Crippen molar-refractivity contribution in [3.05, 3.63) is 54.2 Å². The first-order chi connectivity index (χ1) is 22.9. The lowest BCUT2D eigenvalue weighted by molar-refractivity contribution is 0.0526. The normalized spacial score (nSPS) is 19.2. The number of carbonyl (C=O) groups is 1. The Balaban J connectivity index is 1.26. The number of carbonyl (C=O) groups excluding carboxylic acids is 1. The fourth-order valence-corrected chi connectivity index (χ4v) is 8.99. The maximum atomic E-state index is 14.3. The van der Waals surface area contributed by atoms with E-state index in [0.29, 0.717) is 46.6 Å². The minimum absolute atomic E-state index is 0.159. The number of fused-ring (bicyclic) bond motifs is 1. The third-order valence-electron chi connectivity index (χ3n) is 10.2. The van der Waals surface area contributed by atoms with Gasteiger partial charge in [-0.2, -0.15) is 0 Å². The second-order valence-electron chi connectivity index (χ2n) is 13.2. The first-order valence-corrected chi connectivity index (χ1v) is 19.2. The number of unbranched alkanes of at least 4 members (excludes halogenated alkanes) is 1. The van der Waals surface area contributed by atoms with Crippen LogP contribution in [0, 0.1) is 0 Å². The molecule has 254 valence electrons. The topological polar surface area (TPSA) is 92.3 Å². The number of likely N-dealkylation sites (tertiary alicyclic amines) is 2. The molecule has 3 saturated heterocycles. The van der Waals surface area contributed by atoms with E-state index in [9.17, 15) is 13.2 Å². The fraction of sp³-hybridized carbons (Fsp3) is 0.568. The van der Waals surface area contributed by atoms with Gasteiger partial charge in [0, 0.05) is 36.8 Å². The van der Waals surface area contributed by atoms with Crippen molar-refractivity contribution in [3.63, 3.8) is 0 Å². The molecule has 4 heterocycles. The van der Waals surface area contributed by atoms with Crippen molar-refractivity contribution >= 4 is 32.4 Å². The number of nitrogens with zero attached hydrogens (tertiary/aromatic N) is 4. The summed E-state index contributed by atoms with van der Waals surface area (Å²) >= 11 is 0. The summed E-state index contributed by atoms with van der Waals surface area (Å²) in [5.74, 6) is 0.217. The summed E-state index contributed by atoms with van der Waals surface area (Å²) in [6.07, 6.45) is 11.9. The molecule has 0 bridgehead atoms. The zero-order valence-electron chi connectivity index (χ0n) is 28.0. The van der Waals surface area contributed by atoms with Crippen LogP contribution in [0.1, 0.15) is 82.0 Å². The number of sulfone groups is 1. The van der Waals surface area contributed by atoms with Gasteiger partial charge < -0.3 is 24.2 Å². The van der Waals surface area contributed by atoms with Crippen molar-refractivity contribution in [2.24, 2.45) is 0 Å². The highest BCUT2D eigenvalue weighted by Crippen LogP contribution is 2.38. The van der Waals surface area contributed by atoms with Crippen LogP contribution in [-0.4, -0.2) is 93.7 Å². The van der Waals surface area contributed by atoms with Crippen molar-refractivity contribution in [1.29, 1.82) is 0 Å². The Bertz CT molecular complexity index is 1610. The number of piperidine rings is 3. The maximum Gasteiger partial charge on any atom is 0.338 e. The summed E-state index contributed by atoms with van der Waals surface area (Å²) in [7, 11) is -3.94. The van der Waals surface area contributed by atoms with Gasteiger partial charge in [0.15, 0.2) is 0 Å². The van der Waals surface area contributed by atoms with Crippen LogP contribution >= 0.6 is 0 Å². The molecule has 3 aliphatic rings. The molecule has 0 aliphatic carbocycles. The van der Waals surface area contributed by atoms with Gasteiger partial charge in [-0.15, -0.1) is 0 Å². The standard InChI is InChI=1S/C37H50N4O5S/c1-3-5-25-46-31-10-12-32(13-11-31)47(43,44)35-27-38-34-14-9-28(37(42)45-4-2)26-33(34)36(35)41-23-17-30(18-24-41)40-21-15-29(16-22-40)39-19-7-6-8-20-39/h9-14,26-27,29-30H,3-8,15-25H2,1-2H3. The first kappa shape index (κ1) is 33.7. The molecule has 0 unspecified atom stereocenters. The van der Waals surface area contributed by atoms with Gasteiger partial charge in [-0.1, -0.05) is 19.8 Å². The number of ether oxygens (including phenoxy) is 2. The highest BCUT2D eigenvalue weighted by molar-refractivity contribution is 7.91. The van der Waals surface area contributed by atoms with Crippen molar-refractivity contribution in [2.45, 2.75) is 93.5 Å². The highest BCUT2D eigenvalue weighted by atomic mass is 32.2. The summed E-state index contributed by atoms with van der Waals surface area (Å²) in [6, 6.07) is 13.1. The Hall–Kier alpha value is -3.21. The number of anilines is 1. The molecule has 3 aromatic rings. The van der Waals surface area contributed by atoms with E-state index in [-0.39, 0.29) is 16.4 Å². The highest BCUT2D eigenvalue weighted by Gasteiger charge is 2.33. The first-order valence-electron chi connectivity index (χ1n) is 17.7. The molecule has 3 aliphatic heterocycles. The van der Waals surface area contributed by atoms with E-state index >= 15 is 0 Å². The molecule has 0 radical (unpaired) electrons. The van der Waals surface area contributed by atoms with E-state index in [1.165, 1.54) is 51.4 Å². The molecular weight excluding hydrogens is 612 g/mol. The number of benzene rings is 2. The Labute approximate surface area is 280 Å². The summed E-state index contributed by atoms with van der Waals surface area (Å²) in [5, 5.41) is 0.650. The number of hydrogen-bond acceptors (Lipinski definition) is 9. The predicted octanol–water partition coefficient (Wildman–Crippen LogP) is 6.34. The van der Waals surface area contributed by atoms with Gasteiger partial charge in [0.25, 0.3) is 0 Å². The molecule has 0 spiro atoms. The van der Waals surface area contributed by atoms with Gasteiger partial charge in [0.2, 0.25) is 9.84 Å². The minimum atomic E-state index is -3.94. The molecule has 6 rings (SSSR count). The van der Waals surface area contributed by atoms with Gasteiger partial charge in [-0.05, 0) is 121 Å². The molecule has 47 heavy (non-hydrogen) atoms. The quantitative estimate of drug-likeness (QED) is 0.172. The van der Waals surface area contributed by atoms with E-state index in [2.05, 4.69) is 26.6 Å². The number of aromatic nitrogens is 1. The average molecular weight is 663 g/mol. The zero-order valence-corrected chi connectivity index (χ0v) is 28.8. The van der Waals surface area contributed by atoms with E-state index in [1.54, 1.807) is 49.4 Å². The Morgan fingerprint density at radius 3 is 2.17 bits per heavy atom. The van der Waals surface area contributed by atoms with Gasteiger partial charge in [-0.25, -0.2) is 13.2 Å². The molecule has 0 atom stereocenters. The molecule has 0 amide bonds. The van der Waals surface area contributed by atoms with Crippen LogP contribution in [0.25, 0.3) is 10.9 Å². The number of esters is 1. The lowest BCUT2D eigenvalue weighted by atomic mass is 9.95. The van der Waals surface area contributed by atoms with Gasteiger partial charge in [0.05, 0.1) is 34.9 Å². The van der Waals surface area contributed by atoms with Crippen LogP contribution in [0.15, 0.2) is 58.5 Å². The van der Waals surface area contributed by atoms with Crippen molar-refractivity contribution in [1.82, 2.24) is 14.8 Å². The molecule has 10 heteroatoms. The Kier molecular flexibility index (Phi) is 11.0. The molecule has 2 aromatic carbocycles. The second kappa shape index (κ2) is 15.3. The molecule has 1 aromatic heterocycles. The van der Waals surface area contributed by atoms with Crippen molar-refractivity contribution < 1.29 is 22.7 Å². The van der Waals surface area contributed by atoms with Crippen LogP contribution in [0.3, 0.4) is 0 Å². The Morgan fingerprint density at radius 1 is 0.851 bits per heavy atom. The number of pyridine rings is 1. The summed E-state index contributed by atoms with van der Waals surface area (Å²) in [6.45, 7) is 11.0. The van der Waals surface area contributed by atoms with Crippen LogP contribution in [-0.2, 0) is 14.6 Å². The zero-order chi connectivity index (χ0) is 32.8. The molecule has 0 saturated carbocycles. The van der Waals surface area contributed by atoms with E-state index in [0.717, 1.165) is 51.9 Å². The summed E-state index contributed by atoms with van der Waals surface area (Å²) in [5.41, 5.74) is 1.65. The number of rotatable bonds is 11. The lowest BCUT2D eigenvalue weighted by Gasteiger charge is -2.45. The van der Waals surface area contributed by atoms with Gasteiger partial charge >= 0.3 is 5.97 Å². The Morgan fingerprint density at radius 2 is 1.51 bits per heavy atom. The smallest absolute Gasteiger partial charge is 0.338 e. The SMILES string of the molecule is CCCCOc1ccc(S(=O)(=O)c2cnc3ccc(C(=O)OCC)cc3c2N2CCC(N3CCC(N4CCCCC4)CC3)CC2)cc1. The largest absolute Gasteiger partial charge is 0.494 e. The summed E-state index contributed by atoms with van der Waals surface area (Å²) < 4.78 is 39.7. The van der Waals surface area contributed by atoms with Crippen LogP contribution in [0.2, 0.25) is 0 Å². The third-order valence-corrected chi connectivity index (χ3v) is 12.0. The van der Waals surface area contributed by atoms with Gasteiger partial charge in [-0.3, -0.25) is 4.98 Å². The second-order valence-corrected chi connectivity index (χ2v) is 15.1. The molecule has 9 nitrogen and oxygen atoms in total. The molecular formula is C37H50N4O5S. The molecule has 3 fully saturated rings. The average Bonchev–Trinajstić information content (AvgIpc) is 3.12. The molecule has 0 N–H and O–H groups in total. The predicted molar refractivity (Wildman–Crippen MR) is 185 cm³/mol. The minimum Gasteiger partial charge on any atom is -0.494 e. The lowest BCUT2D eigenvalue weighted by Crippen LogP contribution is -2.52.